The van der Waals surface area contributed by atoms with Gasteiger partial charge in [0.2, 0.25) is 0 Å². The number of hydrogen-bond donors (Lipinski definition) is 1. The van der Waals surface area contributed by atoms with E-state index in [0.717, 1.165) is 37.2 Å². The highest BCUT2D eigenvalue weighted by Crippen LogP contribution is 2.49. The van der Waals surface area contributed by atoms with Crippen molar-refractivity contribution in [3.05, 3.63) is 41.0 Å². The third kappa shape index (κ3) is 5.01. The zero-order valence-electron chi connectivity index (χ0n) is 21.5. The van der Waals surface area contributed by atoms with Crippen molar-refractivity contribution in [3.63, 3.8) is 0 Å². The van der Waals surface area contributed by atoms with E-state index in [-0.39, 0.29) is 54.8 Å². The van der Waals surface area contributed by atoms with Crippen molar-refractivity contribution in [1.29, 1.82) is 0 Å². The molecule has 2 aromatic rings. The molecule has 5 rings (SSSR count). The number of fused-ring (bicyclic) bond motifs is 6. The van der Waals surface area contributed by atoms with Gasteiger partial charge in [0.25, 0.3) is 5.95 Å². The summed E-state index contributed by atoms with van der Waals surface area (Å²) in [5.74, 6) is 1.05. The molecule has 200 valence electrons. The Morgan fingerprint density at radius 3 is 2.69 bits per heavy atom. The number of H-pyrrole nitrogens is 1. The molecule has 0 unspecified atom stereocenters. The van der Waals surface area contributed by atoms with Crippen LogP contribution in [-0.4, -0.2) is 81.4 Å². The molecule has 10 heteroatoms. The lowest BCUT2D eigenvalue weighted by Crippen LogP contribution is -2.52. The van der Waals surface area contributed by atoms with Crippen molar-refractivity contribution in [2.45, 2.75) is 31.9 Å². The fourth-order valence-electron chi connectivity index (χ4n) is 5.90. The molecule has 0 radical (unpaired) electrons. The Hall–Kier alpha value is -2.13. The maximum Gasteiger partial charge on any atom is 0.341 e. The zero-order valence-corrected chi connectivity index (χ0v) is 23.2. The number of aromatic amines is 1. The quantitative estimate of drug-likeness (QED) is 0.555. The largest absolute Gasteiger partial charge is 0.497 e. The molecule has 3 aliphatic heterocycles. The highest BCUT2D eigenvalue weighted by Gasteiger charge is 2.49. The summed E-state index contributed by atoms with van der Waals surface area (Å²) in [5, 5.41) is 1.26. The summed E-state index contributed by atoms with van der Waals surface area (Å²) in [4.78, 5) is 21.5. The van der Waals surface area contributed by atoms with E-state index >= 15 is 0 Å². The third-order valence-electron chi connectivity index (χ3n) is 7.67. The number of methoxy groups -OCH3 is 2. The first-order valence-electron chi connectivity index (χ1n) is 12.1. The van der Waals surface area contributed by atoms with Gasteiger partial charge < -0.3 is 28.8 Å². The van der Waals surface area contributed by atoms with Gasteiger partial charge in [-0.05, 0) is 51.6 Å². The molecular formula is C26H37Cl2N3O5. The molecule has 4 atom stereocenters. The lowest BCUT2D eigenvalue weighted by Gasteiger charge is -2.49. The predicted molar refractivity (Wildman–Crippen MR) is 143 cm³/mol. The molecule has 3 aliphatic rings. The van der Waals surface area contributed by atoms with Gasteiger partial charge in [0.1, 0.15) is 24.0 Å². The number of likely N-dealkylation sites (N-methyl/N-ethyl adjacent to an activating group) is 1. The van der Waals surface area contributed by atoms with E-state index < -0.39 is 0 Å². The van der Waals surface area contributed by atoms with Crippen LogP contribution in [0, 0.1) is 11.8 Å². The summed E-state index contributed by atoms with van der Waals surface area (Å²) in [6.07, 6.45) is 1.79. The van der Waals surface area contributed by atoms with Crippen molar-refractivity contribution < 1.29 is 23.7 Å². The van der Waals surface area contributed by atoms with E-state index in [4.69, 9.17) is 18.9 Å². The molecule has 0 bridgehead atoms. The average Bonchev–Trinajstić information content (AvgIpc) is 3.20. The number of ether oxygens (including phenoxy) is 4. The Morgan fingerprint density at radius 1 is 1.22 bits per heavy atom. The van der Waals surface area contributed by atoms with E-state index in [9.17, 15) is 4.79 Å². The SMILES string of the molecule is COC1=C(C(=O)OCCN(C)C)[C@H]2C[C@@H]3c4[nH]c5cc(OC)ccc5c4CCN3C[C@H]2[C@H](C)O1.Cl.Cl. The highest BCUT2D eigenvalue weighted by atomic mass is 35.5. The second-order valence-electron chi connectivity index (χ2n) is 9.86. The van der Waals surface area contributed by atoms with Crippen LogP contribution in [0.25, 0.3) is 10.9 Å². The van der Waals surface area contributed by atoms with E-state index in [1.807, 2.05) is 25.1 Å². The summed E-state index contributed by atoms with van der Waals surface area (Å²) in [6, 6.07) is 6.44. The van der Waals surface area contributed by atoms with E-state index in [0.29, 0.717) is 24.7 Å². The Morgan fingerprint density at radius 2 is 2.00 bits per heavy atom. The molecule has 0 amide bonds. The van der Waals surface area contributed by atoms with Gasteiger partial charge in [0.05, 0.1) is 20.3 Å². The summed E-state index contributed by atoms with van der Waals surface area (Å²) >= 11 is 0. The van der Waals surface area contributed by atoms with Crippen LogP contribution in [0.1, 0.15) is 30.6 Å². The molecule has 1 N–H and O–H groups in total. The standard InChI is InChI=1S/C26H35N3O5.2ClH/c1-15-20-14-29-9-8-18-17-7-6-16(31-4)12-21(17)27-24(18)22(29)13-19(20)23(26(32-5)34-15)25(30)33-11-10-28(2)3;;/h6-7,12,15,19-20,22,27H,8-11,13-14H2,1-5H3;2*1H/t15-,19-,20-,22+;;/m0../s1. The number of rotatable bonds is 6. The number of hydrogen-bond acceptors (Lipinski definition) is 7. The lowest BCUT2D eigenvalue weighted by atomic mass is 9.72. The Balaban J connectivity index is 0.00000180. The van der Waals surface area contributed by atoms with E-state index in [1.165, 1.54) is 16.6 Å². The molecule has 1 aromatic carbocycles. The molecule has 36 heavy (non-hydrogen) atoms. The van der Waals surface area contributed by atoms with Crippen LogP contribution in [-0.2, 0) is 25.4 Å². The number of carbonyl (C=O) groups excluding carboxylic acids is 1. The molecule has 1 saturated heterocycles. The van der Waals surface area contributed by atoms with Gasteiger partial charge in [-0.15, -0.1) is 24.8 Å². The number of piperidine rings is 1. The molecule has 0 aliphatic carbocycles. The molecule has 0 spiro atoms. The van der Waals surface area contributed by atoms with Gasteiger partial charge in [-0.25, -0.2) is 4.79 Å². The summed E-state index contributed by atoms with van der Waals surface area (Å²) < 4.78 is 22.7. The fraction of sp³-hybridized carbons (Fsp3) is 0.577. The molecule has 1 fully saturated rings. The number of nitrogens with one attached hydrogen (secondary N) is 1. The maximum atomic E-state index is 13.2. The Kier molecular flexibility index (Phi) is 9.09. The Bertz CT molecular complexity index is 1120. The van der Waals surface area contributed by atoms with Crippen molar-refractivity contribution in [3.8, 4) is 5.75 Å². The minimum atomic E-state index is -0.327. The van der Waals surface area contributed by atoms with Crippen molar-refractivity contribution in [2.75, 3.05) is 54.6 Å². The van der Waals surface area contributed by atoms with Crippen molar-refractivity contribution in [1.82, 2.24) is 14.8 Å². The Labute approximate surface area is 225 Å². The topological polar surface area (TPSA) is 76.3 Å². The molecular weight excluding hydrogens is 505 g/mol. The third-order valence-corrected chi connectivity index (χ3v) is 7.67. The van der Waals surface area contributed by atoms with Crippen LogP contribution >= 0.6 is 24.8 Å². The lowest BCUT2D eigenvalue weighted by molar-refractivity contribution is -0.145. The highest BCUT2D eigenvalue weighted by molar-refractivity contribution is 5.90. The second kappa shape index (κ2) is 11.5. The number of halogens is 2. The number of carbonyl (C=O) groups is 1. The van der Waals surface area contributed by atoms with Crippen LogP contribution < -0.4 is 4.74 Å². The van der Waals surface area contributed by atoms with Gasteiger partial charge in [-0.1, -0.05) is 0 Å². The van der Waals surface area contributed by atoms with Crippen molar-refractivity contribution >= 4 is 41.7 Å². The molecule has 0 saturated carbocycles. The number of aromatic nitrogens is 1. The van der Waals surface area contributed by atoms with Gasteiger partial charge in [0, 0.05) is 54.1 Å². The number of esters is 1. The van der Waals surface area contributed by atoms with Crippen LogP contribution in [0.4, 0.5) is 0 Å². The first kappa shape index (κ1) is 28.4. The fourth-order valence-corrected chi connectivity index (χ4v) is 5.90. The first-order chi connectivity index (χ1) is 16.4. The van der Waals surface area contributed by atoms with Crippen LogP contribution in [0.5, 0.6) is 5.75 Å². The average molecular weight is 543 g/mol. The minimum absolute atomic E-state index is 0. The van der Waals surface area contributed by atoms with Crippen molar-refractivity contribution in [2.24, 2.45) is 11.8 Å². The molecule has 1 aromatic heterocycles. The van der Waals surface area contributed by atoms with Gasteiger partial charge in [-0.3, -0.25) is 4.90 Å². The monoisotopic (exact) mass is 541 g/mol. The summed E-state index contributed by atoms with van der Waals surface area (Å²) in [6.45, 7) is 4.96. The van der Waals surface area contributed by atoms with Crippen LogP contribution in [0.3, 0.4) is 0 Å². The van der Waals surface area contributed by atoms with Gasteiger partial charge in [0.15, 0.2) is 0 Å². The van der Waals surface area contributed by atoms with E-state index in [1.54, 1.807) is 14.2 Å². The smallest absolute Gasteiger partial charge is 0.341 e. The molecule has 4 heterocycles. The number of nitrogens with zero attached hydrogens (tertiary/aromatic N) is 2. The maximum absolute atomic E-state index is 13.2. The second-order valence-corrected chi connectivity index (χ2v) is 9.86. The minimum Gasteiger partial charge on any atom is -0.497 e. The zero-order chi connectivity index (χ0) is 24.0. The first-order valence-corrected chi connectivity index (χ1v) is 12.1. The normalized spacial score (nSPS) is 25.1. The van der Waals surface area contributed by atoms with E-state index in [2.05, 4.69) is 28.9 Å². The molecule has 8 nitrogen and oxygen atoms in total. The predicted octanol–water partition coefficient (Wildman–Crippen LogP) is 3.94. The van der Waals surface area contributed by atoms with Crippen LogP contribution in [0.15, 0.2) is 29.7 Å². The number of benzene rings is 1. The van der Waals surface area contributed by atoms with Gasteiger partial charge in [-0.2, -0.15) is 0 Å². The van der Waals surface area contributed by atoms with Gasteiger partial charge >= 0.3 is 5.97 Å². The summed E-state index contributed by atoms with van der Waals surface area (Å²) in [5.41, 5.74) is 4.29. The van der Waals surface area contributed by atoms with Crippen LogP contribution in [0.2, 0.25) is 0 Å². The summed E-state index contributed by atoms with van der Waals surface area (Å²) in [7, 11) is 7.18.